The number of ether oxygens (including phenoxy) is 1. The molecule has 27 heavy (non-hydrogen) atoms. The second kappa shape index (κ2) is 6.51. The number of fused-ring (bicyclic) bond motifs is 3. The van der Waals surface area contributed by atoms with E-state index in [0.717, 1.165) is 0 Å². The molecule has 2 aromatic carbocycles. The van der Waals surface area contributed by atoms with E-state index in [1.807, 2.05) is 0 Å². The average molecular weight is 370 g/mol. The molecule has 140 valence electrons. The lowest BCUT2D eigenvalue weighted by Crippen LogP contribution is -2.25. The highest BCUT2D eigenvalue weighted by Gasteiger charge is 2.28. The maximum Gasteiger partial charge on any atom is 0.238 e. The minimum absolute atomic E-state index is 0.0383. The minimum Gasteiger partial charge on any atom is -0.508 e. The van der Waals surface area contributed by atoms with E-state index in [2.05, 4.69) is 0 Å². The third kappa shape index (κ3) is 2.86. The lowest BCUT2D eigenvalue weighted by molar-refractivity contribution is 0.134. The average Bonchev–Trinajstić information content (AvgIpc) is 2.65. The number of phenolic OH excluding ortho intramolecular Hbond substituents is 2. The smallest absolute Gasteiger partial charge is 0.238 e. The first-order valence-electron chi connectivity index (χ1n) is 8.61. The Hall–Kier alpha value is -3.19. The Bertz CT molecular complexity index is 1070. The Morgan fingerprint density at radius 3 is 2.56 bits per heavy atom. The fourth-order valence-corrected chi connectivity index (χ4v) is 3.40. The van der Waals surface area contributed by atoms with Gasteiger partial charge in [-0.05, 0) is 37.1 Å². The first kappa shape index (κ1) is 17.2. The normalized spacial score (nSPS) is 16.1. The summed E-state index contributed by atoms with van der Waals surface area (Å²) in [7, 11) is 0. The van der Waals surface area contributed by atoms with Crippen LogP contribution >= 0.6 is 0 Å². The van der Waals surface area contributed by atoms with Gasteiger partial charge in [0.25, 0.3) is 0 Å². The van der Waals surface area contributed by atoms with Crippen molar-refractivity contribution in [2.45, 2.75) is 25.4 Å². The van der Waals surface area contributed by atoms with E-state index < -0.39 is 11.2 Å². The SMILES string of the molecule is O=c1c(O)c(-c2ccc(O)cc2)oc2cc(O)c3c(c12)O[C@H](CCO)CC3. The van der Waals surface area contributed by atoms with Crippen molar-refractivity contribution >= 4 is 11.0 Å². The van der Waals surface area contributed by atoms with Crippen molar-refractivity contribution < 1.29 is 29.6 Å². The molecule has 7 nitrogen and oxygen atoms in total. The van der Waals surface area contributed by atoms with Crippen molar-refractivity contribution in [2.75, 3.05) is 6.61 Å². The van der Waals surface area contributed by atoms with Crippen LogP contribution in [-0.2, 0) is 6.42 Å². The van der Waals surface area contributed by atoms with E-state index in [1.54, 1.807) is 0 Å². The number of rotatable bonds is 3. The van der Waals surface area contributed by atoms with Gasteiger partial charge in [0, 0.05) is 30.2 Å². The summed E-state index contributed by atoms with van der Waals surface area (Å²) in [6.07, 6.45) is 1.21. The summed E-state index contributed by atoms with van der Waals surface area (Å²) < 4.78 is 11.6. The Labute approximate surface area is 153 Å². The van der Waals surface area contributed by atoms with E-state index in [0.29, 0.717) is 30.4 Å². The first-order valence-corrected chi connectivity index (χ1v) is 8.61. The molecule has 0 radical (unpaired) electrons. The van der Waals surface area contributed by atoms with Crippen LogP contribution < -0.4 is 10.2 Å². The molecule has 4 N–H and O–H groups in total. The summed E-state index contributed by atoms with van der Waals surface area (Å²) in [5.41, 5.74) is 0.309. The van der Waals surface area contributed by atoms with Gasteiger partial charge in [-0.3, -0.25) is 4.79 Å². The topological polar surface area (TPSA) is 120 Å². The molecule has 0 saturated carbocycles. The monoisotopic (exact) mass is 370 g/mol. The summed E-state index contributed by atoms with van der Waals surface area (Å²) in [6, 6.07) is 7.17. The van der Waals surface area contributed by atoms with Crippen LogP contribution in [-0.4, -0.2) is 33.1 Å². The van der Waals surface area contributed by atoms with Gasteiger partial charge in [-0.1, -0.05) is 0 Å². The molecule has 1 aromatic heterocycles. The number of aliphatic hydroxyl groups excluding tert-OH is 1. The van der Waals surface area contributed by atoms with E-state index in [-0.39, 0.29) is 46.7 Å². The third-order valence-corrected chi connectivity index (χ3v) is 4.78. The van der Waals surface area contributed by atoms with E-state index in [4.69, 9.17) is 14.3 Å². The van der Waals surface area contributed by atoms with Crippen LogP contribution in [0.15, 0.2) is 39.5 Å². The molecular weight excluding hydrogens is 352 g/mol. The molecule has 3 aromatic rings. The van der Waals surface area contributed by atoms with E-state index >= 15 is 0 Å². The van der Waals surface area contributed by atoms with Gasteiger partial charge in [0.1, 0.15) is 34.3 Å². The zero-order valence-corrected chi connectivity index (χ0v) is 14.3. The minimum atomic E-state index is -0.666. The Balaban J connectivity index is 1.95. The molecule has 1 aliphatic rings. The molecule has 1 aliphatic heterocycles. The molecule has 0 unspecified atom stereocenters. The fraction of sp³-hybridized carbons (Fsp3) is 0.250. The van der Waals surface area contributed by atoms with Gasteiger partial charge in [-0.2, -0.15) is 0 Å². The van der Waals surface area contributed by atoms with Crippen LogP contribution in [0.25, 0.3) is 22.3 Å². The molecular formula is C20H18O7. The van der Waals surface area contributed by atoms with E-state index in [9.17, 15) is 20.1 Å². The number of hydrogen-bond donors (Lipinski definition) is 4. The summed E-state index contributed by atoms with van der Waals surface area (Å²) in [6.45, 7) is -0.0540. The number of aromatic hydroxyl groups is 3. The number of phenols is 2. The molecule has 4 rings (SSSR count). The largest absolute Gasteiger partial charge is 0.508 e. The zero-order chi connectivity index (χ0) is 19.1. The number of aliphatic hydroxyl groups is 1. The molecule has 0 spiro atoms. The van der Waals surface area contributed by atoms with Crippen molar-refractivity contribution in [2.24, 2.45) is 0 Å². The molecule has 0 fully saturated rings. The van der Waals surface area contributed by atoms with Crippen molar-refractivity contribution in [1.29, 1.82) is 0 Å². The fourth-order valence-electron chi connectivity index (χ4n) is 3.40. The second-order valence-corrected chi connectivity index (χ2v) is 6.52. The van der Waals surface area contributed by atoms with Gasteiger partial charge in [0.15, 0.2) is 5.76 Å². The number of benzene rings is 2. The van der Waals surface area contributed by atoms with Gasteiger partial charge < -0.3 is 29.6 Å². The number of hydrogen-bond acceptors (Lipinski definition) is 7. The highest BCUT2D eigenvalue weighted by atomic mass is 16.5. The summed E-state index contributed by atoms with van der Waals surface area (Å²) in [5.74, 6) is -0.457. The molecule has 0 aliphatic carbocycles. The van der Waals surface area contributed by atoms with Gasteiger partial charge in [0.05, 0.1) is 0 Å². The van der Waals surface area contributed by atoms with Gasteiger partial charge in [-0.25, -0.2) is 0 Å². The molecule has 7 heteroatoms. The van der Waals surface area contributed by atoms with Gasteiger partial charge >= 0.3 is 0 Å². The highest BCUT2D eigenvalue weighted by molar-refractivity contribution is 5.90. The van der Waals surface area contributed by atoms with Gasteiger partial charge in [-0.15, -0.1) is 0 Å². The maximum absolute atomic E-state index is 12.9. The van der Waals surface area contributed by atoms with Crippen LogP contribution in [0.5, 0.6) is 23.0 Å². The molecule has 0 amide bonds. The molecule has 2 heterocycles. The molecule has 1 atom stereocenters. The molecule has 0 saturated heterocycles. The lowest BCUT2D eigenvalue weighted by atomic mass is 9.97. The Morgan fingerprint density at radius 1 is 1.11 bits per heavy atom. The zero-order valence-electron chi connectivity index (χ0n) is 14.3. The van der Waals surface area contributed by atoms with Crippen LogP contribution in [0.3, 0.4) is 0 Å². The Morgan fingerprint density at radius 2 is 1.85 bits per heavy atom. The summed E-state index contributed by atoms with van der Waals surface area (Å²) in [4.78, 5) is 12.9. The van der Waals surface area contributed by atoms with Crippen LogP contribution in [0, 0.1) is 0 Å². The first-order chi connectivity index (χ1) is 13.0. The predicted octanol–water partition coefficient (Wildman–Crippen LogP) is 2.65. The Kier molecular flexibility index (Phi) is 4.16. The van der Waals surface area contributed by atoms with Crippen molar-refractivity contribution in [3.8, 4) is 34.3 Å². The third-order valence-electron chi connectivity index (χ3n) is 4.78. The van der Waals surface area contributed by atoms with Crippen molar-refractivity contribution in [3.05, 3.63) is 46.1 Å². The quantitative estimate of drug-likeness (QED) is 0.559. The highest BCUT2D eigenvalue weighted by Crippen LogP contribution is 2.42. The second-order valence-electron chi connectivity index (χ2n) is 6.52. The maximum atomic E-state index is 12.9. The van der Waals surface area contributed by atoms with Crippen LogP contribution in [0.1, 0.15) is 18.4 Å². The van der Waals surface area contributed by atoms with Crippen LogP contribution in [0.4, 0.5) is 0 Å². The van der Waals surface area contributed by atoms with Gasteiger partial charge in [0.2, 0.25) is 11.2 Å². The summed E-state index contributed by atoms with van der Waals surface area (Å²) >= 11 is 0. The standard InChI is InChI=1S/C20H18O7/c21-8-7-12-5-6-13-14(23)9-15-16(20(13)26-12)17(24)18(25)19(27-15)10-1-3-11(22)4-2-10/h1-4,9,12,21-23,25H,5-8H2/t12-/m0/s1. The summed E-state index contributed by atoms with van der Waals surface area (Å²) in [5, 5.41) is 39.4. The molecule has 0 bridgehead atoms. The van der Waals surface area contributed by atoms with E-state index in [1.165, 1.54) is 30.3 Å². The van der Waals surface area contributed by atoms with Crippen molar-refractivity contribution in [1.82, 2.24) is 0 Å². The predicted molar refractivity (Wildman–Crippen MR) is 97.4 cm³/mol. The lowest BCUT2D eigenvalue weighted by Gasteiger charge is -2.27. The van der Waals surface area contributed by atoms with Crippen molar-refractivity contribution in [3.63, 3.8) is 0 Å². The van der Waals surface area contributed by atoms with Crippen LogP contribution in [0.2, 0.25) is 0 Å².